The molecule has 0 saturated carbocycles. The number of alkyl halides is 3. The van der Waals surface area contributed by atoms with Crippen LogP contribution in [0, 0.1) is 0 Å². The van der Waals surface area contributed by atoms with Gasteiger partial charge in [0.1, 0.15) is 5.82 Å². The number of fused-ring (bicyclic) bond motifs is 1. The maximum absolute atomic E-state index is 13.1. The zero-order chi connectivity index (χ0) is 28.6. The number of benzene rings is 2. The third-order valence-electron chi connectivity index (χ3n) is 7.16. The third kappa shape index (κ3) is 5.48. The standard InChI is InChI=1S/C30H26F3N7O/c1-38-12-14-39(15-13-38)27-9-8-22(18-35-27)25-19-36-40-26(10-11-34-28(25)40)20-4-3-7-24(17-20)37-29(41)21-5-2-6-23(16-21)30(31,32)33/h2-11,16-19H,12-15H2,1H3,(H,37,41). The normalized spacial score (nSPS) is 14.4. The Balaban J connectivity index is 1.25. The molecule has 8 nitrogen and oxygen atoms in total. The highest BCUT2D eigenvalue weighted by atomic mass is 19.4. The average molecular weight is 558 g/mol. The Morgan fingerprint density at radius 3 is 2.44 bits per heavy atom. The van der Waals surface area contributed by atoms with Crippen LogP contribution in [0.4, 0.5) is 24.7 Å². The van der Waals surface area contributed by atoms with E-state index in [1.54, 1.807) is 35.1 Å². The number of carbonyl (C=O) groups excluding carboxylic acids is 1. The molecule has 1 aliphatic heterocycles. The van der Waals surface area contributed by atoms with Gasteiger partial charge in [-0.15, -0.1) is 0 Å². The number of carbonyl (C=O) groups is 1. The Kier molecular flexibility index (Phi) is 6.88. The van der Waals surface area contributed by atoms with E-state index in [9.17, 15) is 18.0 Å². The van der Waals surface area contributed by atoms with E-state index in [1.807, 2.05) is 30.5 Å². The highest BCUT2D eigenvalue weighted by Gasteiger charge is 2.31. The van der Waals surface area contributed by atoms with Gasteiger partial charge in [-0.1, -0.05) is 18.2 Å². The van der Waals surface area contributed by atoms with E-state index in [1.165, 1.54) is 12.1 Å². The molecule has 11 heteroatoms. The number of hydrogen-bond donors (Lipinski definition) is 1. The number of nitrogens with zero attached hydrogens (tertiary/aromatic N) is 6. The van der Waals surface area contributed by atoms with Crippen LogP contribution < -0.4 is 10.2 Å². The minimum atomic E-state index is -4.53. The lowest BCUT2D eigenvalue weighted by Crippen LogP contribution is -2.44. The van der Waals surface area contributed by atoms with Gasteiger partial charge in [-0.3, -0.25) is 4.79 Å². The fourth-order valence-electron chi connectivity index (χ4n) is 4.88. The summed E-state index contributed by atoms with van der Waals surface area (Å²) in [6.45, 7) is 3.87. The van der Waals surface area contributed by atoms with E-state index in [2.05, 4.69) is 32.2 Å². The van der Waals surface area contributed by atoms with Gasteiger partial charge in [-0.05, 0) is 55.6 Å². The van der Waals surface area contributed by atoms with Gasteiger partial charge in [0.05, 0.1) is 17.5 Å². The number of hydrogen-bond acceptors (Lipinski definition) is 6. The van der Waals surface area contributed by atoms with Gasteiger partial charge < -0.3 is 15.1 Å². The van der Waals surface area contributed by atoms with Gasteiger partial charge in [0.15, 0.2) is 5.65 Å². The molecular weight excluding hydrogens is 531 g/mol. The van der Waals surface area contributed by atoms with Gasteiger partial charge in [0.25, 0.3) is 5.91 Å². The predicted molar refractivity (Wildman–Crippen MR) is 151 cm³/mol. The van der Waals surface area contributed by atoms with Gasteiger partial charge in [0, 0.05) is 66.5 Å². The number of nitrogens with one attached hydrogen (secondary N) is 1. The summed E-state index contributed by atoms with van der Waals surface area (Å²) in [5.74, 6) is 0.304. The molecular formula is C30H26F3N7O. The van der Waals surface area contributed by atoms with Gasteiger partial charge in [-0.2, -0.15) is 18.3 Å². The number of rotatable bonds is 5. The summed E-state index contributed by atoms with van der Waals surface area (Å²) in [6.07, 6.45) is 0.741. The largest absolute Gasteiger partial charge is 0.416 e. The molecule has 0 bridgehead atoms. The molecule has 4 heterocycles. The Morgan fingerprint density at radius 2 is 1.68 bits per heavy atom. The zero-order valence-electron chi connectivity index (χ0n) is 22.1. The van der Waals surface area contributed by atoms with Crippen molar-refractivity contribution in [3.8, 4) is 22.4 Å². The van der Waals surface area contributed by atoms with Crippen molar-refractivity contribution < 1.29 is 18.0 Å². The number of amides is 1. The molecule has 5 aromatic rings. The van der Waals surface area contributed by atoms with Crippen molar-refractivity contribution >= 4 is 23.1 Å². The highest BCUT2D eigenvalue weighted by molar-refractivity contribution is 6.04. The van der Waals surface area contributed by atoms with Crippen LogP contribution in [-0.2, 0) is 6.18 Å². The van der Waals surface area contributed by atoms with E-state index in [-0.39, 0.29) is 5.56 Å². The number of pyridine rings is 1. The molecule has 2 aromatic carbocycles. The lowest BCUT2D eigenvalue weighted by atomic mass is 10.1. The monoisotopic (exact) mass is 557 g/mol. The second kappa shape index (κ2) is 10.7. The van der Waals surface area contributed by atoms with Crippen molar-refractivity contribution in [1.82, 2.24) is 24.5 Å². The van der Waals surface area contributed by atoms with Gasteiger partial charge in [-0.25, -0.2) is 14.5 Å². The lowest BCUT2D eigenvalue weighted by molar-refractivity contribution is -0.137. The van der Waals surface area contributed by atoms with Crippen molar-refractivity contribution in [3.63, 3.8) is 0 Å². The lowest BCUT2D eigenvalue weighted by Gasteiger charge is -2.33. The average Bonchev–Trinajstić information content (AvgIpc) is 3.42. The summed E-state index contributed by atoms with van der Waals surface area (Å²) in [5.41, 5.74) is 3.33. The second-order valence-corrected chi connectivity index (χ2v) is 9.93. The smallest absolute Gasteiger partial charge is 0.354 e. The summed E-state index contributed by atoms with van der Waals surface area (Å²) in [6, 6.07) is 17.2. The van der Waals surface area contributed by atoms with Crippen molar-refractivity contribution in [2.45, 2.75) is 6.18 Å². The summed E-state index contributed by atoms with van der Waals surface area (Å²) in [5, 5.41) is 7.27. The predicted octanol–water partition coefficient (Wildman–Crippen LogP) is 5.48. The minimum Gasteiger partial charge on any atom is -0.354 e. The van der Waals surface area contributed by atoms with Crippen LogP contribution in [0.1, 0.15) is 15.9 Å². The van der Waals surface area contributed by atoms with E-state index < -0.39 is 17.6 Å². The molecule has 1 saturated heterocycles. The van der Waals surface area contributed by atoms with E-state index in [4.69, 9.17) is 4.98 Å². The number of anilines is 2. The van der Waals surface area contributed by atoms with Crippen LogP contribution in [0.5, 0.6) is 0 Å². The van der Waals surface area contributed by atoms with E-state index in [0.29, 0.717) is 11.3 Å². The number of piperazine rings is 1. The first-order valence-corrected chi connectivity index (χ1v) is 13.1. The molecule has 0 atom stereocenters. The van der Waals surface area contributed by atoms with Gasteiger partial charge in [0.2, 0.25) is 0 Å². The van der Waals surface area contributed by atoms with Crippen LogP contribution in [0.3, 0.4) is 0 Å². The van der Waals surface area contributed by atoms with Crippen LogP contribution in [0.2, 0.25) is 0 Å². The minimum absolute atomic E-state index is 0.0829. The van der Waals surface area contributed by atoms with Gasteiger partial charge >= 0.3 is 6.18 Å². The Bertz CT molecular complexity index is 1710. The zero-order valence-corrected chi connectivity index (χ0v) is 22.1. The first-order chi connectivity index (χ1) is 19.8. The van der Waals surface area contributed by atoms with Crippen LogP contribution in [0.25, 0.3) is 28.0 Å². The van der Waals surface area contributed by atoms with Crippen molar-refractivity contribution in [3.05, 3.63) is 96.4 Å². The number of likely N-dealkylation sites (N-methyl/N-ethyl adjacent to an activating group) is 1. The molecule has 1 amide bonds. The van der Waals surface area contributed by atoms with Crippen LogP contribution >= 0.6 is 0 Å². The second-order valence-electron chi connectivity index (χ2n) is 9.93. The van der Waals surface area contributed by atoms with Crippen molar-refractivity contribution in [2.24, 2.45) is 0 Å². The maximum atomic E-state index is 13.1. The third-order valence-corrected chi connectivity index (χ3v) is 7.16. The molecule has 1 N–H and O–H groups in total. The van der Waals surface area contributed by atoms with Crippen LogP contribution in [0.15, 0.2) is 85.3 Å². The molecule has 3 aromatic heterocycles. The topological polar surface area (TPSA) is 78.7 Å². The Morgan fingerprint density at radius 1 is 0.878 bits per heavy atom. The SMILES string of the molecule is CN1CCN(c2ccc(-c3cnn4c(-c5cccc(NC(=O)c6cccc(C(F)(F)F)c6)c5)ccnc34)cn2)CC1. The Labute approximate surface area is 234 Å². The molecule has 6 rings (SSSR count). The van der Waals surface area contributed by atoms with Crippen molar-refractivity contribution in [1.29, 1.82) is 0 Å². The summed E-state index contributed by atoms with van der Waals surface area (Å²) in [4.78, 5) is 26.6. The molecule has 0 aliphatic carbocycles. The quantitative estimate of drug-likeness (QED) is 0.308. The fourth-order valence-corrected chi connectivity index (χ4v) is 4.88. The van der Waals surface area contributed by atoms with Crippen molar-refractivity contribution in [2.75, 3.05) is 43.4 Å². The summed E-state index contributed by atoms with van der Waals surface area (Å²) in [7, 11) is 2.12. The van der Waals surface area contributed by atoms with E-state index >= 15 is 0 Å². The molecule has 0 radical (unpaired) electrons. The first kappa shape index (κ1) is 26.5. The molecule has 0 unspecified atom stereocenters. The molecule has 208 valence electrons. The van der Waals surface area contributed by atoms with Crippen LogP contribution in [-0.4, -0.2) is 63.6 Å². The highest BCUT2D eigenvalue weighted by Crippen LogP contribution is 2.31. The number of halogens is 3. The first-order valence-electron chi connectivity index (χ1n) is 13.1. The fraction of sp³-hybridized carbons (Fsp3) is 0.200. The maximum Gasteiger partial charge on any atom is 0.416 e. The molecule has 1 aliphatic rings. The molecule has 1 fully saturated rings. The molecule has 41 heavy (non-hydrogen) atoms. The molecule has 0 spiro atoms. The number of aromatic nitrogens is 4. The summed E-state index contributed by atoms with van der Waals surface area (Å²) >= 11 is 0. The summed E-state index contributed by atoms with van der Waals surface area (Å²) < 4.78 is 41.0. The van der Waals surface area contributed by atoms with E-state index in [0.717, 1.165) is 66.5 Å². The Hall–Kier alpha value is -4.77.